The third-order valence-corrected chi connectivity index (χ3v) is 3.23. The molecule has 0 aromatic heterocycles. The number of nitrogens with one attached hydrogen (secondary N) is 2. The van der Waals surface area contributed by atoms with Crippen molar-refractivity contribution < 1.29 is 38.7 Å². The second kappa shape index (κ2) is 9.34. The fourth-order valence-corrected chi connectivity index (χ4v) is 2.02. The van der Waals surface area contributed by atoms with Gasteiger partial charge in [0.1, 0.15) is 17.8 Å². The molecule has 1 rings (SSSR count). The molecule has 0 radical (unpaired) electrons. The monoisotopic (exact) mass is 375 g/mol. The van der Waals surface area contributed by atoms with E-state index in [1.54, 1.807) is 27.7 Å². The first-order chi connectivity index (χ1) is 12.0. The van der Waals surface area contributed by atoms with Crippen molar-refractivity contribution in [3.05, 3.63) is 0 Å². The molecule has 0 saturated carbocycles. The second-order valence-corrected chi connectivity index (χ2v) is 6.74. The van der Waals surface area contributed by atoms with Gasteiger partial charge in [-0.25, -0.2) is 19.2 Å². The minimum absolute atomic E-state index is 0.160. The van der Waals surface area contributed by atoms with Crippen molar-refractivity contribution in [1.82, 2.24) is 15.9 Å². The molecule has 0 aromatic carbocycles. The van der Waals surface area contributed by atoms with Crippen molar-refractivity contribution >= 4 is 24.0 Å². The van der Waals surface area contributed by atoms with Gasteiger partial charge in [-0.3, -0.25) is 0 Å². The van der Waals surface area contributed by atoms with E-state index in [-0.39, 0.29) is 13.0 Å². The molecule has 0 bridgehead atoms. The van der Waals surface area contributed by atoms with Crippen LogP contribution in [-0.2, 0) is 28.8 Å². The molecule has 2 unspecified atom stereocenters. The molecule has 3 N–H and O–H groups in total. The van der Waals surface area contributed by atoms with E-state index in [1.165, 1.54) is 5.06 Å². The molecule has 2 atom stereocenters. The number of nitrogens with zero attached hydrogens (tertiary/aromatic N) is 1. The predicted molar refractivity (Wildman–Crippen MR) is 86.1 cm³/mol. The fourth-order valence-electron chi connectivity index (χ4n) is 2.02. The molecule has 1 fully saturated rings. The Morgan fingerprint density at radius 3 is 2.54 bits per heavy atom. The molecule has 0 aromatic rings. The zero-order chi connectivity index (χ0) is 19.9. The maximum Gasteiger partial charge on any atom is 0.438 e. The average Bonchev–Trinajstić information content (AvgIpc) is 2.62. The molecule has 11 heteroatoms. The third kappa shape index (κ3) is 7.66. The van der Waals surface area contributed by atoms with Gasteiger partial charge in [-0.05, 0) is 47.0 Å². The zero-order valence-corrected chi connectivity index (χ0v) is 15.2. The Morgan fingerprint density at radius 2 is 1.96 bits per heavy atom. The van der Waals surface area contributed by atoms with E-state index in [4.69, 9.17) is 9.57 Å². The Morgan fingerprint density at radius 1 is 1.31 bits per heavy atom. The maximum absolute atomic E-state index is 11.7. The van der Waals surface area contributed by atoms with Crippen LogP contribution in [0.3, 0.4) is 0 Å². The number of unbranched alkanes of at least 4 members (excludes halogenated alkanes) is 1. The molecule has 26 heavy (non-hydrogen) atoms. The highest BCUT2D eigenvalue weighted by Gasteiger charge is 2.30. The van der Waals surface area contributed by atoms with Crippen molar-refractivity contribution in [2.45, 2.75) is 64.8 Å². The number of aliphatic carboxylic acids is 1. The summed E-state index contributed by atoms with van der Waals surface area (Å²) in [4.78, 5) is 54.7. The summed E-state index contributed by atoms with van der Waals surface area (Å²) in [6.45, 7) is 6.89. The highest BCUT2D eigenvalue weighted by Crippen LogP contribution is 2.10. The number of carboxylic acids is 1. The lowest BCUT2D eigenvalue weighted by Gasteiger charge is -2.24. The highest BCUT2D eigenvalue weighted by atomic mass is 16.8. The Labute approximate surface area is 150 Å². The summed E-state index contributed by atoms with van der Waals surface area (Å²) in [5.41, 5.74) is 1.62. The molecule has 1 saturated heterocycles. The fraction of sp³-hybridized carbons (Fsp3) is 0.733. The topological polar surface area (TPSA) is 144 Å². The van der Waals surface area contributed by atoms with Crippen molar-refractivity contribution in [2.24, 2.45) is 0 Å². The number of carbonyl (C=O) groups is 4. The molecule has 0 spiro atoms. The minimum atomic E-state index is -1.17. The van der Waals surface area contributed by atoms with Crippen molar-refractivity contribution in [3.8, 4) is 0 Å². The first-order valence-electron chi connectivity index (χ1n) is 8.17. The summed E-state index contributed by atoms with van der Waals surface area (Å²) in [5, 5.41) is 12.7. The molecule has 1 heterocycles. The van der Waals surface area contributed by atoms with Gasteiger partial charge in [-0.1, -0.05) is 0 Å². The van der Waals surface area contributed by atoms with Gasteiger partial charge in [-0.15, -0.1) is 10.5 Å². The van der Waals surface area contributed by atoms with Gasteiger partial charge in [0.05, 0.1) is 0 Å². The summed E-state index contributed by atoms with van der Waals surface area (Å²) in [5.74, 6) is -3.46. The number of hydrogen-bond donors (Lipinski definition) is 3. The van der Waals surface area contributed by atoms with Gasteiger partial charge in [0.2, 0.25) is 0 Å². The molecule has 11 nitrogen and oxygen atoms in total. The Kier molecular flexibility index (Phi) is 7.77. The summed E-state index contributed by atoms with van der Waals surface area (Å²) in [7, 11) is 0. The van der Waals surface area contributed by atoms with Crippen LogP contribution in [0.15, 0.2) is 0 Å². The quantitative estimate of drug-likeness (QED) is 0.420. The number of alkyl carbamates (subject to hydrolysis) is 1. The van der Waals surface area contributed by atoms with Crippen LogP contribution in [0.4, 0.5) is 4.79 Å². The number of hydroxylamine groups is 3. The molecule has 0 aliphatic carbocycles. The van der Waals surface area contributed by atoms with Gasteiger partial charge in [0.15, 0.2) is 0 Å². The zero-order valence-electron chi connectivity index (χ0n) is 15.2. The van der Waals surface area contributed by atoms with Crippen LogP contribution in [0.2, 0.25) is 0 Å². The largest absolute Gasteiger partial charge is 0.480 e. The summed E-state index contributed by atoms with van der Waals surface area (Å²) < 4.78 is 5.04. The van der Waals surface area contributed by atoms with E-state index in [0.29, 0.717) is 12.8 Å². The van der Waals surface area contributed by atoms with Gasteiger partial charge in [0, 0.05) is 6.54 Å². The Hall–Kier alpha value is -2.40. The lowest BCUT2D eigenvalue weighted by Crippen LogP contribution is -2.44. The van der Waals surface area contributed by atoms with E-state index in [9.17, 15) is 24.3 Å². The minimum Gasteiger partial charge on any atom is -0.480 e. The highest BCUT2D eigenvalue weighted by molar-refractivity contribution is 6.29. The molecule has 1 aliphatic rings. The van der Waals surface area contributed by atoms with E-state index < -0.39 is 41.8 Å². The number of ether oxygens (including phenoxy) is 1. The first kappa shape index (κ1) is 21.6. The number of carboxylic acid groups (broad SMARTS) is 1. The van der Waals surface area contributed by atoms with Gasteiger partial charge in [0.25, 0.3) is 0 Å². The van der Waals surface area contributed by atoms with Crippen LogP contribution in [0.5, 0.6) is 0 Å². The van der Waals surface area contributed by atoms with Crippen LogP contribution in [-0.4, -0.2) is 58.5 Å². The molecular weight excluding hydrogens is 350 g/mol. The van der Waals surface area contributed by atoms with Crippen molar-refractivity contribution in [3.63, 3.8) is 0 Å². The van der Waals surface area contributed by atoms with Gasteiger partial charge >= 0.3 is 24.0 Å². The smallest absolute Gasteiger partial charge is 0.438 e. The molecule has 1 amide bonds. The van der Waals surface area contributed by atoms with E-state index in [1.807, 2.05) is 0 Å². The summed E-state index contributed by atoms with van der Waals surface area (Å²) in [6, 6.07) is -1.10. The lowest BCUT2D eigenvalue weighted by molar-refractivity contribution is -0.199. The van der Waals surface area contributed by atoms with E-state index in [2.05, 4.69) is 15.6 Å². The SMILES string of the molecule is CC1NOC(=O)C(=O)ON1CCCCC(NC(=O)OC(C)(C)C)C(=O)O. The van der Waals surface area contributed by atoms with Crippen molar-refractivity contribution in [1.29, 1.82) is 0 Å². The third-order valence-electron chi connectivity index (χ3n) is 3.23. The Balaban J connectivity index is 2.43. The van der Waals surface area contributed by atoms with Crippen LogP contribution in [0.25, 0.3) is 0 Å². The Bertz CT molecular complexity index is 545. The van der Waals surface area contributed by atoms with Crippen LogP contribution < -0.4 is 10.8 Å². The predicted octanol–water partition coefficient (Wildman–Crippen LogP) is 0.302. The normalized spacial score (nSPS) is 19.8. The molecule has 1 aliphatic heterocycles. The standard InChI is InChI=1S/C15H25N3O8/c1-9-17-25-12(21)13(22)26-18(9)8-6-5-7-10(11(19)20)16-14(23)24-15(2,3)4/h9-10,17H,5-8H2,1-4H3,(H,16,23)(H,19,20). The average molecular weight is 375 g/mol. The first-order valence-corrected chi connectivity index (χ1v) is 8.17. The summed E-state index contributed by atoms with van der Waals surface area (Å²) in [6.07, 6.45) is -0.330. The van der Waals surface area contributed by atoms with Crippen LogP contribution in [0.1, 0.15) is 47.0 Å². The van der Waals surface area contributed by atoms with Crippen LogP contribution >= 0.6 is 0 Å². The lowest BCUT2D eigenvalue weighted by atomic mass is 10.1. The molecular formula is C15H25N3O8. The number of hydrogen-bond acceptors (Lipinski definition) is 9. The number of rotatable bonds is 7. The van der Waals surface area contributed by atoms with E-state index in [0.717, 1.165) is 0 Å². The number of amides is 1. The number of carbonyl (C=O) groups excluding carboxylic acids is 3. The molecule has 148 valence electrons. The van der Waals surface area contributed by atoms with Gasteiger partial charge in [-0.2, -0.15) is 0 Å². The second-order valence-electron chi connectivity index (χ2n) is 6.74. The van der Waals surface area contributed by atoms with Gasteiger partial charge < -0.3 is 24.8 Å². The van der Waals surface area contributed by atoms with Crippen molar-refractivity contribution in [2.75, 3.05) is 6.54 Å². The van der Waals surface area contributed by atoms with Crippen LogP contribution in [0, 0.1) is 0 Å². The van der Waals surface area contributed by atoms with E-state index >= 15 is 0 Å². The summed E-state index contributed by atoms with van der Waals surface area (Å²) >= 11 is 0. The maximum atomic E-state index is 11.7.